The van der Waals surface area contributed by atoms with Gasteiger partial charge < -0.3 is 9.47 Å². The summed E-state index contributed by atoms with van der Waals surface area (Å²) in [6.45, 7) is 1.81. The Morgan fingerprint density at radius 1 is 1.00 bits per heavy atom. The predicted octanol–water partition coefficient (Wildman–Crippen LogP) is 2.74. The maximum absolute atomic E-state index is 12.2. The van der Waals surface area contributed by atoms with Gasteiger partial charge in [0.1, 0.15) is 0 Å². The number of carbonyl (C=O) groups is 2. The van der Waals surface area contributed by atoms with Crippen molar-refractivity contribution in [2.45, 2.75) is 6.92 Å². The van der Waals surface area contributed by atoms with Crippen LogP contribution < -0.4 is 20.3 Å². The van der Waals surface area contributed by atoms with Gasteiger partial charge in [0.2, 0.25) is 0 Å². The number of halogens is 1. The van der Waals surface area contributed by atoms with Gasteiger partial charge in [0.15, 0.2) is 11.5 Å². The second kappa shape index (κ2) is 7.70. The van der Waals surface area contributed by atoms with Gasteiger partial charge in [-0.05, 0) is 30.7 Å². The first-order chi connectivity index (χ1) is 11.5. The lowest BCUT2D eigenvalue weighted by Crippen LogP contribution is -2.41. The summed E-state index contributed by atoms with van der Waals surface area (Å²) >= 11 is 6.06. The largest absolute Gasteiger partial charge is 0.493 e. The van der Waals surface area contributed by atoms with E-state index < -0.39 is 11.8 Å². The van der Waals surface area contributed by atoms with Gasteiger partial charge in [-0.3, -0.25) is 20.4 Å². The van der Waals surface area contributed by atoms with Gasteiger partial charge >= 0.3 is 0 Å². The van der Waals surface area contributed by atoms with Crippen LogP contribution in [-0.2, 0) is 0 Å². The number of amides is 2. The van der Waals surface area contributed by atoms with E-state index in [1.807, 2.05) is 19.1 Å². The second-order valence-corrected chi connectivity index (χ2v) is 5.32. The van der Waals surface area contributed by atoms with Gasteiger partial charge in [-0.2, -0.15) is 0 Å². The topological polar surface area (TPSA) is 76.7 Å². The number of carbonyl (C=O) groups excluding carboxylic acids is 2. The third kappa shape index (κ3) is 3.78. The molecule has 0 saturated carbocycles. The van der Waals surface area contributed by atoms with Gasteiger partial charge in [-0.25, -0.2) is 0 Å². The molecule has 0 spiro atoms. The Balaban J connectivity index is 2.12. The van der Waals surface area contributed by atoms with Crippen LogP contribution in [0.4, 0.5) is 0 Å². The number of methoxy groups -OCH3 is 2. The van der Waals surface area contributed by atoms with E-state index in [9.17, 15) is 9.59 Å². The molecule has 126 valence electrons. The van der Waals surface area contributed by atoms with E-state index in [0.29, 0.717) is 17.1 Å². The van der Waals surface area contributed by atoms with Gasteiger partial charge in [0, 0.05) is 11.1 Å². The molecule has 0 bridgehead atoms. The van der Waals surface area contributed by atoms with Crippen LogP contribution in [0.5, 0.6) is 11.5 Å². The van der Waals surface area contributed by atoms with Crippen molar-refractivity contribution >= 4 is 23.4 Å². The van der Waals surface area contributed by atoms with Crippen LogP contribution in [0.1, 0.15) is 26.3 Å². The van der Waals surface area contributed by atoms with Crippen LogP contribution in [0.15, 0.2) is 36.4 Å². The quantitative estimate of drug-likeness (QED) is 0.833. The van der Waals surface area contributed by atoms with Crippen molar-refractivity contribution in [3.05, 3.63) is 58.1 Å². The van der Waals surface area contributed by atoms with E-state index in [1.165, 1.54) is 26.4 Å². The molecule has 2 aromatic rings. The molecule has 0 unspecified atom stereocenters. The monoisotopic (exact) mass is 348 g/mol. The lowest BCUT2D eigenvalue weighted by atomic mass is 10.1. The maximum atomic E-state index is 12.2. The van der Waals surface area contributed by atoms with Crippen molar-refractivity contribution in [3.8, 4) is 11.5 Å². The number of ether oxygens (including phenoxy) is 2. The van der Waals surface area contributed by atoms with Crippen LogP contribution in [-0.4, -0.2) is 26.0 Å². The minimum Gasteiger partial charge on any atom is -0.493 e. The zero-order chi connectivity index (χ0) is 17.7. The highest BCUT2D eigenvalue weighted by Crippen LogP contribution is 2.35. The van der Waals surface area contributed by atoms with Crippen LogP contribution in [0, 0.1) is 6.92 Å². The summed E-state index contributed by atoms with van der Waals surface area (Å²) in [5, 5.41) is 0.229. The molecule has 2 amide bonds. The normalized spacial score (nSPS) is 10.0. The summed E-state index contributed by atoms with van der Waals surface area (Å²) in [6, 6.07) is 9.96. The van der Waals surface area contributed by atoms with Crippen molar-refractivity contribution in [1.82, 2.24) is 10.9 Å². The molecule has 2 aromatic carbocycles. The molecule has 6 nitrogen and oxygen atoms in total. The van der Waals surface area contributed by atoms with Gasteiger partial charge in [-0.15, -0.1) is 0 Å². The average Bonchev–Trinajstić information content (AvgIpc) is 2.58. The maximum Gasteiger partial charge on any atom is 0.269 e. The lowest BCUT2D eigenvalue weighted by Gasteiger charge is -2.12. The van der Waals surface area contributed by atoms with Gasteiger partial charge in [0.25, 0.3) is 11.8 Å². The summed E-state index contributed by atoms with van der Waals surface area (Å²) in [4.78, 5) is 24.3. The van der Waals surface area contributed by atoms with Crippen LogP contribution >= 0.6 is 11.6 Å². The molecule has 0 aliphatic rings. The highest BCUT2D eigenvalue weighted by atomic mass is 35.5. The number of hydrogen-bond acceptors (Lipinski definition) is 4. The molecule has 7 heteroatoms. The molecular formula is C17H17ClN2O4. The number of benzene rings is 2. The Labute approximate surface area is 144 Å². The third-order valence-electron chi connectivity index (χ3n) is 3.38. The number of nitrogens with one attached hydrogen (secondary N) is 2. The Morgan fingerprint density at radius 2 is 1.67 bits per heavy atom. The molecule has 0 radical (unpaired) electrons. The highest BCUT2D eigenvalue weighted by Gasteiger charge is 2.16. The molecular weight excluding hydrogens is 332 g/mol. The zero-order valence-electron chi connectivity index (χ0n) is 13.5. The number of aryl methyl sites for hydroxylation is 1. The van der Waals surface area contributed by atoms with Crippen molar-refractivity contribution in [2.75, 3.05) is 14.2 Å². The summed E-state index contributed by atoms with van der Waals surface area (Å²) in [6.07, 6.45) is 0. The van der Waals surface area contributed by atoms with Crippen molar-refractivity contribution in [1.29, 1.82) is 0 Å². The van der Waals surface area contributed by atoms with Crippen molar-refractivity contribution < 1.29 is 19.1 Å². The van der Waals surface area contributed by atoms with E-state index in [1.54, 1.807) is 12.1 Å². The molecule has 0 aliphatic carbocycles. The summed E-state index contributed by atoms with van der Waals surface area (Å²) in [5.74, 6) is -0.284. The molecule has 2 N–H and O–H groups in total. The van der Waals surface area contributed by atoms with Crippen LogP contribution in [0.25, 0.3) is 0 Å². The van der Waals surface area contributed by atoms with E-state index in [-0.39, 0.29) is 10.6 Å². The summed E-state index contributed by atoms with van der Waals surface area (Å²) < 4.78 is 10.3. The van der Waals surface area contributed by atoms with Crippen LogP contribution in [0.2, 0.25) is 5.02 Å². The minimum absolute atomic E-state index is 0.225. The van der Waals surface area contributed by atoms with Crippen molar-refractivity contribution in [2.24, 2.45) is 0 Å². The van der Waals surface area contributed by atoms with E-state index >= 15 is 0 Å². The Bertz CT molecular complexity index is 777. The Hall–Kier alpha value is -2.73. The molecule has 24 heavy (non-hydrogen) atoms. The molecule has 0 aliphatic heterocycles. The van der Waals surface area contributed by atoms with E-state index in [2.05, 4.69) is 10.9 Å². The first-order valence-electron chi connectivity index (χ1n) is 7.05. The molecule has 2 rings (SSSR count). The smallest absolute Gasteiger partial charge is 0.269 e. The zero-order valence-corrected chi connectivity index (χ0v) is 14.2. The average molecular weight is 349 g/mol. The fraction of sp³-hybridized carbons (Fsp3) is 0.176. The summed E-state index contributed by atoms with van der Waals surface area (Å²) in [5.41, 5.74) is 6.22. The molecule has 0 aromatic heterocycles. The van der Waals surface area contributed by atoms with Crippen LogP contribution in [0.3, 0.4) is 0 Å². The lowest BCUT2D eigenvalue weighted by molar-refractivity contribution is 0.0846. The molecule has 0 heterocycles. The number of hydrogen-bond donors (Lipinski definition) is 2. The minimum atomic E-state index is -0.528. The van der Waals surface area contributed by atoms with Gasteiger partial charge in [-0.1, -0.05) is 29.8 Å². The fourth-order valence-corrected chi connectivity index (χ4v) is 2.42. The van der Waals surface area contributed by atoms with E-state index in [4.69, 9.17) is 21.1 Å². The third-order valence-corrected chi connectivity index (χ3v) is 3.66. The fourth-order valence-electron chi connectivity index (χ4n) is 2.13. The second-order valence-electron chi connectivity index (χ2n) is 4.92. The predicted molar refractivity (Wildman–Crippen MR) is 90.7 cm³/mol. The first kappa shape index (κ1) is 17.6. The molecule has 0 saturated heterocycles. The Morgan fingerprint density at radius 3 is 2.29 bits per heavy atom. The van der Waals surface area contributed by atoms with E-state index in [0.717, 1.165) is 5.56 Å². The number of rotatable bonds is 4. The molecule has 0 atom stereocenters. The summed E-state index contributed by atoms with van der Waals surface area (Å²) in [7, 11) is 2.89. The van der Waals surface area contributed by atoms with Gasteiger partial charge in [0.05, 0.1) is 19.2 Å². The number of hydrazine groups is 1. The highest BCUT2D eigenvalue weighted by molar-refractivity contribution is 6.32. The SMILES string of the molecule is COc1cc(C(=O)NNC(=O)c2ccccc2C)cc(Cl)c1OC. The first-order valence-corrected chi connectivity index (χ1v) is 7.43. The van der Waals surface area contributed by atoms with Crippen molar-refractivity contribution in [3.63, 3.8) is 0 Å². The standard InChI is InChI=1S/C17H17ClN2O4/c1-10-6-4-5-7-12(10)17(22)20-19-16(21)11-8-13(18)15(24-3)14(9-11)23-2/h4-9H,1-3H3,(H,19,21)(H,20,22). The molecule has 0 fully saturated rings. The Kier molecular flexibility index (Phi) is 5.65.